The van der Waals surface area contributed by atoms with Crippen LogP contribution in [0.3, 0.4) is 0 Å². The Kier molecular flexibility index (Phi) is 2.81. The Bertz CT molecular complexity index is 413. The first kappa shape index (κ1) is 11.1. The third-order valence-corrected chi connectivity index (χ3v) is 3.67. The molecule has 0 bridgehead atoms. The average Bonchev–Trinajstić information content (AvgIpc) is 3.07. The normalized spacial score (nSPS) is 20.5. The summed E-state index contributed by atoms with van der Waals surface area (Å²) in [7, 11) is 0. The molecule has 2 aliphatic rings. The first-order chi connectivity index (χ1) is 8.25. The fraction of sp³-hybridized carbons (Fsp3) is 0.571. The number of rotatable bonds is 4. The van der Waals surface area contributed by atoms with Crippen LogP contribution in [0, 0.1) is 0 Å². The van der Waals surface area contributed by atoms with E-state index in [9.17, 15) is 0 Å². The number of hydrogen-bond acceptors (Lipinski definition) is 3. The van der Waals surface area contributed by atoms with Gasteiger partial charge < -0.3 is 15.8 Å². The summed E-state index contributed by atoms with van der Waals surface area (Å²) < 4.78 is 5.61. The molecule has 0 saturated heterocycles. The zero-order chi connectivity index (χ0) is 11.7. The second-order valence-electron chi connectivity index (χ2n) is 5.36. The Morgan fingerprint density at radius 2 is 2.24 bits per heavy atom. The predicted octanol–water partition coefficient (Wildman–Crippen LogP) is 1.59. The lowest BCUT2D eigenvalue weighted by Gasteiger charge is -2.18. The largest absolute Gasteiger partial charge is 0.493 e. The maximum Gasteiger partial charge on any atom is 0.122 e. The van der Waals surface area contributed by atoms with Crippen molar-refractivity contribution >= 4 is 0 Å². The van der Waals surface area contributed by atoms with Crippen molar-refractivity contribution in [1.29, 1.82) is 0 Å². The van der Waals surface area contributed by atoms with E-state index in [2.05, 4.69) is 23.5 Å². The van der Waals surface area contributed by atoms with Crippen molar-refractivity contribution in [3.05, 3.63) is 29.3 Å². The Labute approximate surface area is 102 Å². The van der Waals surface area contributed by atoms with Gasteiger partial charge in [-0.25, -0.2) is 0 Å². The molecular weight excluding hydrogens is 212 g/mol. The van der Waals surface area contributed by atoms with Gasteiger partial charge in [0, 0.05) is 18.6 Å². The molecule has 1 saturated carbocycles. The first-order valence-electron chi connectivity index (χ1n) is 6.49. The Balaban J connectivity index is 1.59. The van der Waals surface area contributed by atoms with Gasteiger partial charge in [-0.05, 0) is 42.9 Å². The van der Waals surface area contributed by atoms with E-state index in [-0.39, 0.29) is 5.54 Å². The van der Waals surface area contributed by atoms with Gasteiger partial charge in [0.05, 0.1) is 6.61 Å². The maximum absolute atomic E-state index is 6.04. The van der Waals surface area contributed by atoms with Gasteiger partial charge in [0.2, 0.25) is 0 Å². The molecule has 0 unspecified atom stereocenters. The summed E-state index contributed by atoms with van der Waals surface area (Å²) in [5, 5.41) is 3.45. The van der Waals surface area contributed by atoms with Gasteiger partial charge in [-0.1, -0.05) is 12.1 Å². The molecule has 1 aromatic rings. The van der Waals surface area contributed by atoms with E-state index in [1.165, 1.54) is 11.1 Å². The highest BCUT2D eigenvalue weighted by molar-refractivity contribution is 5.38. The van der Waals surface area contributed by atoms with Gasteiger partial charge >= 0.3 is 0 Å². The van der Waals surface area contributed by atoms with Gasteiger partial charge in [-0.2, -0.15) is 0 Å². The summed E-state index contributed by atoms with van der Waals surface area (Å²) in [5.74, 6) is 1.07. The SMILES string of the molecule is NC1(CNCc2ccc3c(c2)CCCO3)CC1. The quantitative estimate of drug-likeness (QED) is 0.829. The molecule has 0 atom stereocenters. The van der Waals surface area contributed by atoms with E-state index in [4.69, 9.17) is 10.5 Å². The van der Waals surface area contributed by atoms with E-state index in [0.717, 1.165) is 51.1 Å². The number of nitrogens with two attached hydrogens (primary N) is 1. The lowest BCUT2D eigenvalue weighted by atomic mass is 10.0. The molecule has 0 spiro atoms. The first-order valence-corrected chi connectivity index (χ1v) is 6.49. The fourth-order valence-electron chi connectivity index (χ4n) is 2.32. The Morgan fingerprint density at radius 3 is 3.06 bits per heavy atom. The van der Waals surface area contributed by atoms with E-state index in [1.54, 1.807) is 0 Å². The van der Waals surface area contributed by atoms with Gasteiger partial charge in [-0.3, -0.25) is 0 Å². The van der Waals surface area contributed by atoms with Crippen molar-refractivity contribution in [2.24, 2.45) is 5.73 Å². The highest BCUT2D eigenvalue weighted by atomic mass is 16.5. The second-order valence-corrected chi connectivity index (χ2v) is 5.36. The number of benzene rings is 1. The van der Waals surface area contributed by atoms with Crippen LogP contribution in [0.4, 0.5) is 0 Å². The van der Waals surface area contributed by atoms with E-state index >= 15 is 0 Å². The van der Waals surface area contributed by atoms with E-state index < -0.39 is 0 Å². The van der Waals surface area contributed by atoms with Gasteiger partial charge in [0.15, 0.2) is 0 Å². The lowest BCUT2D eigenvalue weighted by Crippen LogP contribution is -2.35. The highest BCUT2D eigenvalue weighted by Gasteiger charge is 2.37. The van der Waals surface area contributed by atoms with Crippen molar-refractivity contribution in [2.45, 2.75) is 37.8 Å². The van der Waals surface area contributed by atoms with Crippen molar-refractivity contribution in [3.8, 4) is 5.75 Å². The summed E-state index contributed by atoms with van der Waals surface area (Å²) in [5.41, 5.74) is 8.82. The maximum atomic E-state index is 6.04. The summed E-state index contributed by atoms with van der Waals surface area (Å²) in [6.07, 6.45) is 4.61. The standard InChI is InChI=1S/C14H20N2O/c15-14(5-6-14)10-16-9-11-3-4-13-12(8-11)2-1-7-17-13/h3-4,8,16H,1-2,5-7,9-10,15H2. The van der Waals surface area contributed by atoms with Crippen LogP contribution in [0.15, 0.2) is 18.2 Å². The molecule has 92 valence electrons. The van der Waals surface area contributed by atoms with Gasteiger partial charge in [0.25, 0.3) is 0 Å². The molecule has 3 heteroatoms. The number of fused-ring (bicyclic) bond motifs is 1. The van der Waals surface area contributed by atoms with Crippen LogP contribution >= 0.6 is 0 Å². The van der Waals surface area contributed by atoms with Crippen molar-refractivity contribution in [3.63, 3.8) is 0 Å². The summed E-state index contributed by atoms with van der Waals surface area (Å²) in [6.45, 7) is 2.70. The zero-order valence-electron chi connectivity index (χ0n) is 10.2. The fourth-order valence-corrected chi connectivity index (χ4v) is 2.32. The van der Waals surface area contributed by atoms with Crippen LogP contribution in [-0.2, 0) is 13.0 Å². The van der Waals surface area contributed by atoms with Crippen LogP contribution in [0.2, 0.25) is 0 Å². The minimum Gasteiger partial charge on any atom is -0.493 e. The second kappa shape index (κ2) is 4.31. The van der Waals surface area contributed by atoms with Crippen LogP contribution in [0.25, 0.3) is 0 Å². The average molecular weight is 232 g/mol. The molecule has 1 aliphatic heterocycles. The van der Waals surface area contributed by atoms with Crippen molar-refractivity contribution in [1.82, 2.24) is 5.32 Å². The molecule has 1 aliphatic carbocycles. The summed E-state index contributed by atoms with van der Waals surface area (Å²) in [4.78, 5) is 0. The number of ether oxygens (including phenoxy) is 1. The summed E-state index contributed by atoms with van der Waals surface area (Å²) in [6, 6.07) is 6.51. The molecule has 3 rings (SSSR count). The van der Waals surface area contributed by atoms with Crippen LogP contribution in [-0.4, -0.2) is 18.7 Å². The van der Waals surface area contributed by atoms with E-state index in [0.29, 0.717) is 0 Å². The topological polar surface area (TPSA) is 47.3 Å². The minimum absolute atomic E-state index is 0.0946. The van der Waals surface area contributed by atoms with Crippen LogP contribution in [0.1, 0.15) is 30.4 Å². The molecule has 0 radical (unpaired) electrons. The molecule has 0 amide bonds. The number of aryl methyl sites for hydroxylation is 1. The minimum atomic E-state index is 0.0946. The van der Waals surface area contributed by atoms with Crippen molar-refractivity contribution < 1.29 is 4.74 Å². The van der Waals surface area contributed by atoms with Crippen LogP contribution < -0.4 is 15.8 Å². The third-order valence-electron chi connectivity index (χ3n) is 3.67. The third kappa shape index (κ3) is 2.61. The van der Waals surface area contributed by atoms with Gasteiger partial charge in [0.1, 0.15) is 5.75 Å². The van der Waals surface area contributed by atoms with Crippen molar-refractivity contribution in [2.75, 3.05) is 13.2 Å². The molecule has 0 aromatic heterocycles. The summed E-state index contributed by atoms with van der Waals surface area (Å²) >= 11 is 0. The molecule has 1 fully saturated rings. The van der Waals surface area contributed by atoms with E-state index in [1.807, 2.05) is 0 Å². The Morgan fingerprint density at radius 1 is 1.35 bits per heavy atom. The zero-order valence-corrected chi connectivity index (χ0v) is 10.2. The molecule has 3 nitrogen and oxygen atoms in total. The van der Waals surface area contributed by atoms with Crippen LogP contribution in [0.5, 0.6) is 5.75 Å². The van der Waals surface area contributed by atoms with Gasteiger partial charge in [-0.15, -0.1) is 0 Å². The molecule has 3 N–H and O–H groups in total. The smallest absolute Gasteiger partial charge is 0.122 e. The monoisotopic (exact) mass is 232 g/mol. The lowest BCUT2D eigenvalue weighted by molar-refractivity contribution is 0.288. The highest BCUT2D eigenvalue weighted by Crippen LogP contribution is 2.31. The molecule has 1 aromatic carbocycles. The molecule has 17 heavy (non-hydrogen) atoms. The molecular formula is C14H20N2O. The predicted molar refractivity (Wildman–Crippen MR) is 68.1 cm³/mol. The number of hydrogen-bond donors (Lipinski definition) is 2. The Hall–Kier alpha value is -1.06. The number of nitrogens with one attached hydrogen (secondary N) is 1. The molecule has 1 heterocycles.